The number of aromatic nitrogens is 2. The third-order valence-electron chi connectivity index (χ3n) is 4.76. The van der Waals surface area contributed by atoms with E-state index in [0.29, 0.717) is 11.4 Å². The van der Waals surface area contributed by atoms with Crippen LogP contribution in [0.25, 0.3) is 22.2 Å². The number of carbonyl (C=O) groups is 1. The van der Waals surface area contributed by atoms with Gasteiger partial charge in [-0.15, -0.1) is 0 Å². The van der Waals surface area contributed by atoms with Crippen LogP contribution in [0.4, 0.5) is 20.2 Å². The molecule has 0 saturated heterocycles. The van der Waals surface area contributed by atoms with E-state index in [-0.39, 0.29) is 11.3 Å². The molecule has 0 spiro atoms. The predicted molar refractivity (Wildman–Crippen MR) is 113 cm³/mol. The van der Waals surface area contributed by atoms with Crippen molar-refractivity contribution in [1.29, 1.82) is 5.41 Å². The Balaban J connectivity index is 1.72. The number of aromatic amines is 1. The van der Waals surface area contributed by atoms with Gasteiger partial charge >= 0.3 is 0 Å². The standard InChI is InChI=1S/C22H17F2N5O/c1-26-18-10-16(23)19(20(24)15(18)11-25)22(30)27-13-7-8-17-14(9-13)21(29-28-17)12-5-3-2-4-6-12/h2-11,25-26H,1H3,(H,27,30)(H,28,29). The summed E-state index contributed by atoms with van der Waals surface area (Å²) in [7, 11) is 1.48. The van der Waals surface area contributed by atoms with Crippen LogP contribution < -0.4 is 10.6 Å². The number of anilines is 2. The highest BCUT2D eigenvalue weighted by atomic mass is 19.1. The molecule has 0 atom stereocenters. The molecule has 0 radical (unpaired) electrons. The lowest BCUT2D eigenvalue weighted by Gasteiger charge is -2.12. The van der Waals surface area contributed by atoms with Gasteiger partial charge in [0.25, 0.3) is 5.91 Å². The van der Waals surface area contributed by atoms with E-state index >= 15 is 0 Å². The van der Waals surface area contributed by atoms with Crippen LogP contribution in [0.5, 0.6) is 0 Å². The number of nitrogens with zero attached hydrogens (tertiary/aromatic N) is 1. The summed E-state index contributed by atoms with van der Waals surface area (Å²) in [6, 6.07) is 15.5. The fourth-order valence-electron chi connectivity index (χ4n) is 3.29. The zero-order valence-corrected chi connectivity index (χ0v) is 15.9. The molecule has 8 heteroatoms. The average Bonchev–Trinajstić information content (AvgIpc) is 3.17. The molecule has 3 aromatic carbocycles. The van der Waals surface area contributed by atoms with Gasteiger partial charge in [-0.1, -0.05) is 30.3 Å². The summed E-state index contributed by atoms with van der Waals surface area (Å²) < 4.78 is 29.1. The maximum Gasteiger partial charge on any atom is 0.261 e. The molecule has 0 aliphatic rings. The molecule has 1 amide bonds. The molecule has 6 nitrogen and oxygen atoms in total. The van der Waals surface area contributed by atoms with Gasteiger partial charge in [-0.2, -0.15) is 5.10 Å². The minimum atomic E-state index is -1.10. The van der Waals surface area contributed by atoms with E-state index in [4.69, 9.17) is 5.41 Å². The van der Waals surface area contributed by atoms with Gasteiger partial charge in [0.15, 0.2) is 0 Å². The molecule has 0 aliphatic carbocycles. The topological polar surface area (TPSA) is 93.7 Å². The van der Waals surface area contributed by atoms with Crippen molar-refractivity contribution in [2.75, 3.05) is 17.7 Å². The zero-order chi connectivity index (χ0) is 21.3. The Hall–Kier alpha value is -4.07. The minimum Gasteiger partial charge on any atom is -0.387 e. The Labute approximate surface area is 170 Å². The first-order chi connectivity index (χ1) is 14.5. The Morgan fingerprint density at radius 2 is 1.90 bits per heavy atom. The Kier molecular flexibility index (Phi) is 4.97. The van der Waals surface area contributed by atoms with E-state index in [1.54, 1.807) is 18.2 Å². The van der Waals surface area contributed by atoms with E-state index in [9.17, 15) is 13.6 Å². The van der Waals surface area contributed by atoms with Crippen molar-refractivity contribution in [3.63, 3.8) is 0 Å². The van der Waals surface area contributed by atoms with Crippen LogP contribution in [-0.4, -0.2) is 29.4 Å². The van der Waals surface area contributed by atoms with Gasteiger partial charge in [-0.3, -0.25) is 9.89 Å². The van der Waals surface area contributed by atoms with Gasteiger partial charge in [-0.05, 0) is 24.3 Å². The first-order valence-electron chi connectivity index (χ1n) is 9.08. The van der Waals surface area contributed by atoms with Crippen molar-refractivity contribution in [3.05, 3.63) is 77.4 Å². The lowest BCUT2D eigenvalue weighted by molar-refractivity contribution is 0.101. The predicted octanol–water partition coefficient (Wildman–Crippen LogP) is 4.80. The normalized spacial score (nSPS) is 10.8. The third-order valence-corrected chi connectivity index (χ3v) is 4.76. The first-order valence-corrected chi connectivity index (χ1v) is 9.08. The van der Waals surface area contributed by atoms with Crippen molar-refractivity contribution in [2.24, 2.45) is 0 Å². The number of hydrogen-bond acceptors (Lipinski definition) is 4. The molecule has 4 rings (SSSR count). The molecule has 0 aliphatic heterocycles. The Bertz CT molecular complexity index is 1270. The molecular formula is C22H17F2N5O. The monoisotopic (exact) mass is 405 g/mol. The van der Waals surface area contributed by atoms with Gasteiger partial charge in [0.05, 0.1) is 16.8 Å². The molecule has 4 N–H and O–H groups in total. The number of halogens is 2. The van der Waals surface area contributed by atoms with Crippen LogP contribution in [0, 0.1) is 17.0 Å². The summed E-state index contributed by atoms with van der Waals surface area (Å²) >= 11 is 0. The molecule has 1 heterocycles. The fraction of sp³-hybridized carbons (Fsp3) is 0.0455. The average molecular weight is 405 g/mol. The number of carbonyl (C=O) groups excluding carboxylic acids is 1. The highest BCUT2D eigenvalue weighted by Crippen LogP contribution is 2.29. The highest BCUT2D eigenvalue weighted by Gasteiger charge is 2.23. The molecule has 1 aromatic heterocycles. The second kappa shape index (κ2) is 7.75. The van der Waals surface area contributed by atoms with Gasteiger partial charge in [0.1, 0.15) is 17.2 Å². The molecule has 0 fully saturated rings. The van der Waals surface area contributed by atoms with Crippen molar-refractivity contribution < 1.29 is 13.6 Å². The molecular weight excluding hydrogens is 388 g/mol. The van der Waals surface area contributed by atoms with E-state index in [2.05, 4.69) is 20.8 Å². The van der Waals surface area contributed by atoms with Crippen LogP contribution in [0.15, 0.2) is 54.6 Å². The second-order valence-corrected chi connectivity index (χ2v) is 6.56. The highest BCUT2D eigenvalue weighted by molar-refractivity contribution is 6.07. The number of H-pyrrole nitrogens is 1. The number of amides is 1. The van der Waals surface area contributed by atoms with Crippen LogP contribution in [0.2, 0.25) is 0 Å². The van der Waals surface area contributed by atoms with Crippen LogP contribution in [-0.2, 0) is 0 Å². The quantitative estimate of drug-likeness (QED) is 0.359. The SMILES string of the molecule is CNc1cc(F)c(C(=O)Nc2ccc3[nH]nc(-c4ccccc4)c3c2)c(F)c1C=N. The number of benzene rings is 3. The fourth-order valence-corrected chi connectivity index (χ4v) is 3.29. The maximum absolute atomic E-state index is 14.7. The van der Waals surface area contributed by atoms with Crippen LogP contribution >= 0.6 is 0 Å². The van der Waals surface area contributed by atoms with Gasteiger partial charge < -0.3 is 16.0 Å². The third kappa shape index (κ3) is 3.28. The van der Waals surface area contributed by atoms with Crippen LogP contribution in [0.1, 0.15) is 15.9 Å². The summed E-state index contributed by atoms with van der Waals surface area (Å²) in [4.78, 5) is 12.6. The second-order valence-electron chi connectivity index (χ2n) is 6.56. The summed E-state index contributed by atoms with van der Waals surface area (Å²) in [5.74, 6) is -3.06. The lowest BCUT2D eigenvalue weighted by Crippen LogP contribution is -2.18. The number of rotatable bonds is 5. The first kappa shape index (κ1) is 19.3. The van der Waals surface area contributed by atoms with E-state index < -0.39 is 23.1 Å². The molecule has 4 aromatic rings. The van der Waals surface area contributed by atoms with Gasteiger partial charge in [0.2, 0.25) is 0 Å². The smallest absolute Gasteiger partial charge is 0.261 e. The minimum absolute atomic E-state index is 0.0869. The summed E-state index contributed by atoms with van der Waals surface area (Å²) in [5.41, 5.74) is 1.85. The summed E-state index contributed by atoms with van der Waals surface area (Å²) in [6.45, 7) is 0. The van der Waals surface area contributed by atoms with Crippen LogP contribution in [0.3, 0.4) is 0 Å². The molecule has 30 heavy (non-hydrogen) atoms. The Morgan fingerprint density at radius 3 is 2.60 bits per heavy atom. The van der Waals surface area contributed by atoms with Crippen molar-refractivity contribution >= 4 is 34.4 Å². The van der Waals surface area contributed by atoms with E-state index in [0.717, 1.165) is 28.7 Å². The number of fused-ring (bicyclic) bond motifs is 1. The zero-order valence-electron chi connectivity index (χ0n) is 15.9. The van der Waals surface area contributed by atoms with Crippen molar-refractivity contribution in [2.45, 2.75) is 0 Å². The molecule has 0 saturated carbocycles. The van der Waals surface area contributed by atoms with E-state index in [1.807, 2.05) is 30.3 Å². The number of hydrogen-bond donors (Lipinski definition) is 4. The summed E-state index contributed by atoms with van der Waals surface area (Å²) in [6.07, 6.45) is 0.737. The molecule has 0 unspecified atom stereocenters. The lowest BCUT2D eigenvalue weighted by atomic mass is 10.1. The van der Waals surface area contributed by atoms with Crippen molar-refractivity contribution in [1.82, 2.24) is 10.2 Å². The van der Waals surface area contributed by atoms with Gasteiger partial charge in [0, 0.05) is 35.6 Å². The maximum atomic E-state index is 14.7. The largest absolute Gasteiger partial charge is 0.387 e. The Morgan fingerprint density at radius 1 is 1.13 bits per heavy atom. The van der Waals surface area contributed by atoms with Gasteiger partial charge in [-0.25, -0.2) is 8.78 Å². The van der Waals surface area contributed by atoms with Crippen molar-refractivity contribution in [3.8, 4) is 11.3 Å². The van der Waals surface area contributed by atoms with E-state index in [1.165, 1.54) is 7.05 Å². The molecule has 0 bridgehead atoms. The molecule has 150 valence electrons. The summed E-state index contributed by atoms with van der Waals surface area (Å²) in [5, 5.41) is 20.5. The number of nitrogens with one attached hydrogen (secondary N) is 4.